The molecule has 0 heterocycles. The fourth-order valence-electron chi connectivity index (χ4n) is 2.51. The predicted molar refractivity (Wildman–Crippen MR) is 111 cm³/mol. The van der Waals surface area contributed by atoms with E-state index in [1.54, 1.807) is 69.6 Å². The zero-order valence-electron chi connectivity index (χ0n) is 16.4. The molecule has 0 aliphatic heterocycles. The van der Waals surface area contributed by atoms with Crippen LogP contribution in [-0.4, -0.2) is 43.4 Å². The number of amides is 1. The maximum absolute atomic E-state index is 12.3. The lowest BCUT2D eigenvalue weighted by Gasteiger charge is -2.20. The normalized spacial score (nSPS) is 11.9. The number of likely N-dealkylation sites (N-methyl/N-ethyl adjacent to an activating group) is 1. The van der Waals surface area contributed by atoms with E-state index in [9.17, 15) is 9.59 Å². The van der Waals surface area contributed by atoms with E-state index in [1.807, 2.05) is 6.92 Å². The number of carbonyl (C=O) groups excluding carboxylic acids is 2. The number of benzene rings is 2. The van der Waals surface area contributed by atoms with Gasteiger partial charge in [0.05, 0.1) is 6.61 Å². The van der Waals surface area contributed by atoms with Crippen LogP contribution in [0.15, 0.2) is 48.5 Å². The molecule has 0 saturated carbocycles. The standard InChI is InChI=1S/C22H24ClNO4/c1-5-27-21-13-16(9-11-19(25)17-7-6-8-18(23)14-17)10-12-20(21)28-15(2)22(26)24(3)4/h6-15H,5H2,1-4H3/b11-9+/t15-/m0/s1. The molecule has 0 spiro atoms. The molecule has 0 unspecified atom stereocenters. The molecule has 5 nitrogen and oxygen atoms in total. The molecule has 2 aromatic carbocycles. The van der Waals surface area contributed by atoms with Crippen LogP contribution in [0.4, 0.5) is 0 Å². The summed E-state index contributed by atoms with van der Waals surface area (Å²) in [5, 5.41) is 0.515. The number of nitrogens with zero attached hydrogens (tertiary/aromatic N) is 1. The number of allylic oxidation sites excluding steroid dienone is 1. The summed E-state index contributed by atoms with van der Waals surface area (Å²) in [6.45, 7) is 4.00. The van der Waals surface area contributed by atoms with Gasteiger partial charge in [-0.3, -0.25) is 9.59 Å². The van der Waals surface area contributed by atoms with E-state index in [0.717, 1.165) is 5.56 Å². The topological polar surface area (TPSA) is 55.8 Å². The van der Waals surface area contributed by atoms with Crippen molar-refractivity contribution in [2.45, 2.75) is 20.0 Å². The molecule has 148 valence electrons. The molecule has 0 bridgehead atoms. The number of ether oxygens (including phenoxy) is 2. The van der Waals surface area contributed by atoms with E-state index < -0.39 is 6.10 Å². The van der Waals surface area contributed by atoms with Crippen molar-refractivity contribution < 1.29 is 19.1 Å². The van der Waals surface area contributed by atoms with Crippen LogP contribution in [0.5, 0.6) is 11.5 Å². The molecular formula is C22H24ClNO4. The highest BCUT2D eigenvalue weighted by atomic mass is 35.5. The molecule has 6 heteroatoms. The summed E-state index contributed by atoms with van der Waals surface area (Å²) in [4.78, 5) is 25.8. The fraction of sp³-hybridized carbons (Fsp3) is 0.273. The van der Waals surface area contributed by atoms with E-state index in [0.29, 0.717) is 28.7 Å². The van der Waals surface area contributed by atoms with Crippen molar-refractivity contribution in [1.82, 2.24) is 4.90 Å². The summed E-state index contributed by atoms with van der Waals surface area (Å²) in [7, 11) is 3.35. The van der Waals surface area contributed by atoms with Gasteiger partial charge in [0.25, 0.3) is 5.91 Å². The number of hydrogen-bond donors (Lipinski definition) is 0. The molecule has 0 saturated heterocycles. The van der Waals surface area contributed by atoms with Crippen molar-refractivity contribution in [3.63, 3.8) is 0 Å². The Morgan fingerprint density at radius 3 is 2.54 bits per heavy atom. The molecule has 0 aliphatic rings. The summed E-state index contributed by atoms with van der Waals surface area (Å²) >= 11 is 5.93. The minimum absolute atomic E-state index is 0.140. The molecule has 0 radical (unpaired) electrons. The molecular weight excluding hydrogens is 378 g/mol. The lowest BCUT2D eigenvalue weighted by molar-refractivity contribution is -0.135. The van der Waals surface area contributed by atoms with Crippen LogP contribution in [0.25, 0.3) is 6.08 Å². The number of carbonyl (C=O) groups is 2. The highest BCUT2D eigenvalue weighted by Crippen LogP contribution is 2.30. The Kier molecular flexibility index (Phi) is 7.64. The predicted octanol–water partition coefficient (Wildman–Crippen LogP) is 4.49. The fourth-order valence-corrected chi connectivity index (χ4v) is 2.70. The zero-order chi connectivity index (χ0) is 20.7. The monoisotopic (exact) mass is 401 g/mol. The Morgan fingerprint density at radius 2 is 1.89 bits per heavy atom. The Morgan fingerprint density at radius 1 is 1.14 bits per heavy atom. The van der Waals surface area contributed by atoms with Crippen molar-refractivity contribution in [3.05, 3.63) is 64.7 Å². The molecule has 1 amide bonds. The van der Waals surface area contributed by atoms with Crippen molar-refractivity contribution in [2.24, 2.45) is 0 Å². The first-order chi connectivity index (χ1) is 13.3. The third-order valence-electron chi connectivity index (χ3n) is 3.90. The maximum atomic E-state index is 12.3. The molecule has 2 rings (SSSR count). The van der Waals surface area contributed by atoms with Gasteiger partial charge in [0.1, 0.15) is 0 Å². The second-order valence-corrected chi connectivity index (χ2v) is 6.78. The number of hydrogen-bond acceptors (Lipinski definition) is 4. The number of rotatable bonds is 8. The van der Waals surface area contributed by atoms with Crippen molar-refractivity contribution in [2.75, 3.05) is 20.7 Å². The van der Waals surface area contributed by atoms with Gasteiger partial charge in [0, 0.05) is 24.7 Å². The SMILES string of the molecule is CCOc1cc(/C=C/C(=O)c2cccc(Cl)c2)ccc1O[C@@H](C)C(=O)N(C)C. The Balaban J connectivity index is 2.19. The van der Waals surface area contributed by atoms with Gasteiger partial charge in [-0.15, -0.1) is 0 Å². The molecule has 0 aliphatic carbocycles. The molecule has 0 N–H and O–H groups in total. The minimum Gasteiger partial charge on any atom is -0.490 e. The van der Waals surface area contributed by atoms with Crippen LogP contribution in [0.2, 0.25) is 5.02 Å². The van der Waals surface area contributed by atoms with Gasteiger partial charge in [-0.25, -0.2) is 0 Å². The van der Waals surface area contributed by atoms with Crippen LogP contribution >= 0.6 is 11.6 Å². The molecule has 0 aromatic heterocycles. The van der Waals surface area contributed by atoms with Gasteiger partial charge in [-0.2, -0.15) is 0 Å². The molecule has 28 heavy (non-hydrogen) atoms. The van der Waals surface area contributed by atoms with Crippen LogP contribution < -0.4 is 9.47 Å². The van der Waals surface area contributed by atoms with Crippen molar-refractivity contribution >= 4 is 29.4 Å². The summed E-state index contributed by atoms with van der Waals surface area (Å²) < 4.78 is 11.4. The molecule has 1 atom stereocenters. The zero-order valence-corrected chi connectivity index (χ0v) is 17.2. The summed E-state index contributed by atoms with van der Waals surface area (Å²) in [6.07, 6.45) is 2.54. The lowest BCUT2D eigenvalue weighted by Crippen LogP contribution is -2.35. The van der Waals surface area contributed by atoms with Crippen LogP contribution in [0.1, 0.15) is 29.8 Å². The van der Waals surface area contributed by atoms with Gasteiger partial charge in [0.15, 0.2) is 23.4 Å². The lowest BCUT2D eigenvalue weighted by atomic mass is 10.1. The number of ketones is 1. The van der Waals surface area contributed by atoms with E-state index >= 15 is 0 Å². The molecule has 0 fully saturated rings. The average Bonchev–Trinajstić information content (AvgIpc) is 2.67. The van der Waals surface area contributed by atoms with Gasteiger partial charge >= 0.3 is 0 Å². The van der Waals surface area contributed by atoms with Crippen LogP contribution in [0.3, 0.4) is 0 Å². The van der Waals surface area contributed by atoms with Crippen LogP contribution in [-0.2, 0) is 4.79 Å². The average molecular weight is 402 g/mol. The first-order valence-electron chi connectivity index (χ1n) is 8.94. The van der Waals surface area contributed by atoms with E-state index in [-0.39, 0.29) is 11.7 Å². The smallest absolute Gasteiger partial charge is 0.262 e. The van der Waals surface area contributed by atoms with E-state index in [4.69, 9.17) is 21.1 Å². The summed E-state index contributed by atoms with van der Waals surface area (Å²) in [5.41, 5.74) is 1.29. The van der Waals surface area contributed by atoms with Gasteiger partial charge in [-0.05, 0) is 49.8 Å². The number of halogens is 1. The third kappa shape index (κ3) is 5.86. The molecule has 2 aromatic rings. The highest BCUT2D eigenvalue weighted by Gasteiger charge is 2.18. The quantitative estimate of drug-likeness (QED) is 0.483. The summed E-state index contributed by atoms with van der Waals surface area (Å²) in [6, 6.07) is 12.1. The minimum atomic E-state index is -0.639. The first-order valence-corrected chi connectivity index (χ1v) is 9.32. The second-order valence-electron chi connectivity index (χ2n) is 6.34. The van der Waals surface area contributed by atoms with Crippen molar-refractivity contribution in [3.8, 4) is 11.5 Å². The second kappa shape index (κ2) is 9.95. The van der Waals surface area contributed by atoms with Gasteiger partial charge in [0.2, 0.25) is 0 Å². The Labute approximate surface area is 170 Å². The largest absolute Gasteiger partial charge is 0.490 e. The van der Waals surface area contributed by atoms with Gasteiger partial charge in [-0.1, -0.05) is 35.9 Å². The third-order valence-corrected chi connectivity index (χ3v) is 4.13. The van der Waals surface area contributed by atoms with Gasteiger partial charge < -0.3 is 14.4 Å². The highest BCUT2D eigenvalue weighted by molar-refractivity contribution is 6.31. The van der Waals surface area contributed by atoms with Crippen LogP contribution in [0, 0.1) is 0 Å². The first kappa shape index (κ1) is 21.5. The Hall–Kier alpha value is -2.79. The van der Waals surface area contributed by atoms with Crippen molar-refractivity contribution in [1.29, 1.82) is 0 Å². The van der Waals surface area contributed by atoms with E-state index in [2.05, 4.69) is 0 Å². The summed E-state index contributed by atoms with van der Waals surface area (Å²) in [5.74, 6) is 0.700. The Bertz CT molecular complexity index is 877. The van der Waals surface area contributed by atoms with E-state index in [1.165, 1.54) is 11.0 Å². The maximum Gasteiger partial charge on any atom is 0.262 e.